The van der Waals surface area contributed by atoms with Crippen molar-refractivity contribution in [1.29, 1.82) is 0 Å². The fourth-order valence-electron chi connectivity index (χ4n) is 3.96. The molecule has 14 heteroatoms. The Morgan fingerprint density at radius 2 is 1.95 bits per heavy atom. The highest BCUT2D eigenvalue weighted by Gasteiger charge is 2.25. The second-order valence-corrected chi connectivity index (χ2v) is 10.4. The molecule has 0 aliphatic carbocycles. The van der Waals surface area contributed by atoms with Crippen molar-refractivity contribution in [3.8, 4) is 11.4 Å². The SMILES string of the molecule is COCC(NC(=O)c1ccn([SH](=O)=O)c1)C(=O)Nc1nc(-c2cccc(N3CC(C)OC(C)C3)n2)cs1. The Morgan fingerprint density at radius 1 is 1.19 bits per heavy atom. The van der Waals surface area contributed by atoms with Crippen LogP contribution in [0.1, 0.15) is 24.2 Å². The van der Waals surface area contributed by atoms with Crippen LogP contribution in [0.15, 0.2) is 42.0 Å². The molecule has 2 amide bonds. The number of anilines is 2. The van der Waals surface area contributed by atoms with Crippen molar-refractivity contribution >= 4 is 45.0 Å². The van der Waals surface area contributed by atoms with E-state index >= 15 is 0 Å². The van der Waals surface area contributed by atoms with E-state index in [1.54, 1.807) is 5.38 Å². The summed E-state index contributed by atoms with van der Waals surface area (Å²) in [6.45, 7) is 5.46. The minimum absolute atomic E-state index is 0.0909. The molecule has 0 spiro atoms. The number of thiazole rings is 1. The number of amides is 2. The fourth-order valence-corrected chi connectivity index (χ4v) is 5.06. The van der Waals surface area contributed by atoms with Crippen molar-refractivity contribution in [2.75, 3.05) is 37.0 Å². The summed E-state index contributed by atoms with van der Waals surface area (Å²) < 4.78 is 33.9. The lowest BCUT2D eigenvalue weighted by Crippen LogP contribution is -2.46. The molecule has 37 heavy (non-hydrogen) atoms. The summed E-state index contributed by atoms with van der Waals surface area (Å²) in [7, 11) is -1.48. The highest BCUT2D eigenvalue weighted by atomic mass is 32.2. The monoisotopic (exact) mass is 548 g/mol. The Morgan fingerprint density at radius 3 is 2.62 bits per heavy atom. The van der Waals surface area contributed by atoms with Crippen molar-refractivity contribution in [1.82, 2.24) is 19.3 Å². The minimum Gasteiger partial charge on any atom is -0.382 e. The van der Waals surface area contributed by atoms with Crippen LogP contribution in [0.2, 0.25) is 0 Å². The van der Waals surface area contributed by atoms with Crippen LogP contribution < -0.4 is 15.5 Å². The van der Waals surface area contributed by atoms with E-state index in [2.05, 4.69) is 20.5 Å². The molecule has 2 N–H and O–H groups in total. The first-order valence-electron chi connectivity index (χ1n) is 11.5. The van der Waals surface area contributed by atoms with E-state index in [1.807, 2.05) is 32.0 Å². The first-order chi connectivity index (χ1) is 17.7. The maximum atomic E-state index is 12.9. The van der Waals surface area contributed by atoms with E-state index < -0.39 is 28.7 Å². The van der Waals surface area contributed by atoms with Gasteiger partial charge in [-0.1, -0.05) is 6.07 Å². The van der Waals surface area contributed by atoms with E-state index in [-0.39, 0.29) is 24.4 Å². The first-order valence-corrected chi connectivity index (χ1v) is 13.5. The van der Waals surface area contributed by atoms with Gasteiger partial charge in [-0.05, 0) is 32.0 Å². The van der Waals surface area contributed by atoms with Crippen LogP contribution in [0.4, 0.5) is 10.9 Å². The molecule has 1 saturated heterocycles. The van der Waals surface area contributed by atoms with Crippen molar-refractivity contribution < 1.29 is 27.5 Å². The number of thiol groups is 1. The Bertz CT molecular complexity index is 1320. The number of ether oxygens (including phenoxy) is 2. The molecular formula is C23H28N6O6S2. The Balaban J connectivity index is 1.43. The van der Waals surface area contributed by atoms with Gasteiger partial charge >= 0.3 is 0 Å². The minimum atomic E-state index is -2.89. The van der Waals surface area contributed by atoms with E-state index in [0.717, 1.165) is 29.1 Å². The summed E-state index contributed by atoms with van der Waals surface area (Å²) >= 11 is 1.23. The average molecular weight is 549 g/mol. The fraction of sp³-hybridized carbons (Fsp3) is 0.391. The second-order valence-electron chi connectivity index (χ2n) is 8.57. The number of carbonyl (C=O) groups excluding carboxylic acids is 2. The predicted molar refractivity (Wildman–Crippen MR) is 139 cm³/mol. The zero-order valence-corrected chi connectivity index (χ0v) is 22.2. The van der Waals surface area contributed by atoms with Crippen LogP contribution in [0.5, 0.6) is 0 Å². The van der Waals surface area contributed by atoms with Crippen LogP contribution in [-0.2, 0) is 25.2 Å². The molecule has 198 valence electrons. The summed E-state index contributed by atoms with van der Waals surface area (Å²) in [5.74, 6) is -0.305. The number of aromatic nitrogens is 3. The van der Waals surface area contributed by atoms with Gasteiger partial charge in [0.05, 0.1) is 30.1 Å². The van der Waals surface area contributed by atoms with Gasteiger partial charge in [0.25, 0.3) is 11.8 Å². The van der Waals surface area contributed by atoms with E-state index in [0.29, 0.717) is 16.5 Å². The molecule has 0 aromatic carbocycles. The van der Waals surface area contributed by atoms with Gasteiger partial charge < -0.3 is 25.0 Å². The van der Waals surface area contributed by atoms with Gasteiger partial charge in [-0.2, -0.15) is 0 Å². The maximum Gasteiger partial charge on any atom is 0.253 e. The number of morpholine rings is 1. The molecule has 0 radical (unpaired) electrons. The topological polar surface area (TPSA) is 145 Å². The molecule has 3 unspecified atom stereocenters. The molecule has 3 atom stereocenters. The lowest BCUT2D eigenvalue weighted by atomic mass is 10.2. The van der Waals surface area contributed by atoms with Crippen molar-refractivity contribution in [2.24, 2.45) is 0 Å². The molecule has 3 aromatic rings. The van der Waals surface area contributed by atoms with E-state index in [1.165, 1.54) is 30.7 Å². The third-order valence-electron chi connectivity index (χ3n) is 5.56. The first kappa shape index (κ1) is 26.7. The highest BCUT2D eigenvalue weighted by molar-refractivity contribution is 7.70. The standard InChI is InChI=1S/C23H28N6O6S2/c1-14-9-28(10-15(2)35-14)20-6-4-5-17(24-20)19-13-36-23(26-19)27-22(31)18(12-34-3)25-21(30)16-7-8-29(11-16)37(32)33/h4-8,11,13-15,18,37H,9-10,12H2,1-3H3,(H,25,30)(H,26,27,31). The predicted octanol–water partition coefficient (Wildman–Crippen LogP) is 1.38. The molecule has 3 aromatic heterocycles. The number of methoxy groups -OCH3 is 1. The van der Waals surface area contributed by atoms with Gasteiger partial charge in [0, 0.05) is 38.0 Å². The van der Waals surface area contributed by atoms with Crippen molar-refractivity contribution in [2.45, 2.75) is 32.1 Å². The Labute approximate surface area is 219 Å². The molecule has 4 heterocycles. The third-order valence-corrected chi connectivity index (χ3v) is 6.94. The van der Waals surface area contributed by atoms with Crippen molar-refractivity contribution in [3.05, 3.63) is 47.6 Å². The number of nitrogens with zero attached hydrogens (tertiary/aromatic N) is 4. The van der Waals surface area contributed by atoms with Gasteiger partial charge in [0.15, 0.2) is 5.13 Å². The van der Waals surface area contributed by atoms with Crippen molar-refractivity contribution in [3.63, 3.8) is 0 Å². The number of pyridine rings is 1. The summed E-state index contributed by atoms with van der Waals surface area (Å²) in [4.78, 5) is 36.8. The number of rotatable bonds is 9. The van der Waals surface area contributed by atoms with Crippen LogP contribution in [0.25, 0.3) is 11.4 Å². The molecule has 1 fully saturated rings. The molecule has 0 bridgehead atoms. The zero-order valence-electron chi connectivity index (χ0n) is 20.5. The normalized spacial score (nSPS) is 18.5. The van der Waals surface area contributed by atoms with Crippen LogP contribution in [0.3, 0.4) is 0 Å². The number of nitrogens with one attached hydrogen (secondary N) is 2. The van der Waals surface area contributed by atoms with Gasteiger partial charge in [0.1, 0.15) is 17.6 Å². The summed E-state index contributed by atoms with van der Waals surface area (Å²) in [6, 6.07) is 6.04. The van der Waals surface area contributed by atoms with Gasteiger partial charge in [-0.15, -0.1) is 11.3 Å². The number of hydrogen-bond acceptors (Lipinski definition) is 10. The van der Waals surface area contributed by atoms with E-state index in [4.69, 9.17) is 14.5 Å². The summed E-state index contributed by atoms with van der Waals surface area (Å²) in [6.07, 6.45) is 2.61. The highest BCUT2D eigenvalue weighted by Crippen LogP contribution is 2.26. The van der Waals surface area contributed by atoms with Crippen LogP contribution >= 0.6 is 11.3 Å². The second kappa shape index (κ2) is 11.8. The van der Waals surface area contributed by atoms with Gasteiger partial charge in [0.2, 0.25) is 10.9 Å². The molecule has 0 saturated carbocycles. The summed E-state index contributed by atoms with van der Waals surface area (Å²) in [5.41, 5.74) is 1.38. The van der Waals surface area contributed by atoms with E-state index in [9.17, 15) is 18.0 Å². The quantitative estimate of drug-likeness (QED) is 0.338. The average Bonchev–Trinajstić information content (AvgIpc) is 3.54. The molecule has 1 aliphatic rings. The van der Waals surface area contributed by atoms with Crippen LogP contribution in [0, 0.1) is 0 Å². The molecule has 12 nitrogen and oxygen atoms in total. The molecule has 4 rings (SSSR count). The lowest BCUT2D eigenvalue weighted by molar-refractivity contribution is -0.119. The lowest BCUT2D eigenvalue weighted by Gasteiger charge is -2.36. The number of carbonyl (C=O) groups is 2. The number of hydrogen-bond donors (Lipinski definition) is 3. The Hall–Kier alpha value is -3.33. The maximum absolute atomic E-state index is 12.9. The molecule has 1 aliphatic heterocycles. The summed E-state index contributed by atoms with van der Waals surface area (Å²) in [5, 5.41) is 7.40. The largest absolute Gasteiger partial charge is 0.382 e. The third kappa shape index (κ3) is 6.71. The van der Waals surface area contributed by atoms with Crippen LogP contribution in [-0.4, -0.2) is 79.2 Å². The zero-order chi connectivity index (χ0) is 26.5. The molecular weight excluding hydrogens is 520 g/mol. The Kier molecular flexibility index (Phi) is 8.53. The van der Waals surface area contributed by atoms with Gasteiger partial charge in [-0.3, -0.25) is 13.6 Å². The van der Waals surface area contributed by atoms with Gasteiger partial charge in [-0.25, -0.2) is 18.4 Å². The smallest absolute Gasteiger partial charge is 0.253 e.